The number of halogens is 1. The van der Waals surface area contributed by atoms with Gasteiger partial charge >= 0.3 is 12.2 Å². The maximum absolute atomic E-state index is 11.1. The van der Waals surface area contributed by atoms with Crippen LogP contribution >= 0.6 is 15.9 Å². The van der Waals surface area contributed by atoms with Crippen molar-refractivity contribution in [2.45, 2.75) is 52.3 Å². The number of carboxylic acid groups (broad SMARTS) is 1. The first-order valence-corrected chi connectivity index (χ1v) is 6.96. The zero-order valence-electron chi connectivity index (χ0n) is 12.5. The van der Waals surface area contributed by atoms with Gasteiger partial charge in [0.1, 0.15) is 0 Å². The van der Waals surface area contributed by atoms with Gasteiger partial charge in [0, 0.05) is 4.32 Å². The van der Waals surface area contributed by atoms with E-state index in [1.54, 1.807) is 5.32 Å². The highest BCUT2D eigenvalue weighted by atomic mass is 79.9. The van der Waals surface area contributed by atoms with Crippen molar-refractivity contribution >= 4 is 28.1 Å². The molecule has 0 aromatic rings. The number of carbonyl (C=O) groups excluding carboxylic acids is 1. The summed E-state index contributed by atoms with van der Waals surface area (Å²) >= 11 is 3.80. The smallest absolute Gasteiger partial charge is 0.416 e. The van der Waals surface area contributed by atoms with Crippen LogP contribution in [0.15, 0.2) is 0 Å². The molecule has 2 N–H and O–H groups in total. The number of carbonyl (C=O) groups is 2. The predicted octanol–water partition coefficient (Wildman–Crippen LogP) is 4.01. The molecule has 0 aliphatic rings. The Morgan fingerprint density at radius 1 is 1.11 bits per heavy atom. The highest BCUT2D eigenvalue weighted by molar-refractivity contribution is 9.10. The molecule has 0 unspecified atom stereocenters. The van der Waals surface area contributed by atoms with Crippen molar-refractivity contribution in [2.75, 3.05) is 6.61 Å². The Bertz CT molecular complexity index is 328. The Kier molecular flexibility index (Phi) is 5.86. The van der Waals surface area contributed by atoms with Crippen LogP contribution in [0.5, 0.6) is 0 Å². The maximum Gasteiger partial charge on any atom is 0.416 e. The zero-order chi connectivity index (χ0) is 15.5. The summed E-state index contributed by atoms with van der Waals surface area (Å²) in [6, 6.07) is 0. The standard InChI is InChI=1S/C13H24BrNO4/c1-11(2,3)13(14,12(4,5)6)7-8-19-10(18)15-9(16)17/h7-8H2,1-6H3,(H,15,18)(H,16,17). The molecule has 2 amide bonds. The van der Waals surface area contributed by atoms with E-state index in [0.717, 1.165) is 0 Å². The number of nitrogens with one attached hydrogen (secondary N) is 1. The van der Waals surface area contributed by atoms with Crippen LogP contribution in [0.25, 0.3) is 0 Å². The van der Waals surface area contributed by atoms with Crippen molar-refractivity contribution in [3.8, 4) is 0 Å². The van der Waals surface area contributed by atoms with E-state index in [4.69, 9.17) is 9.84 Å². The molecule has 0 fully saturated rings. The summed E-state index contributed by atoms with van der Waals surface area (Å²) in [5.41, 5.74) is -0.0875. The zero-order valence-corrected chi connectivity index (χ0v) is 14.1. The molecular weight excluding hydrogens is 314 g/mol. The second-order valence-corrected chi connectivity index (χ2v) is 7.97. The van der Waals surface area contributed by atoms with E-state index in [9.17, 15) is 9.59 Å². The number of alkyl halides is 1. The van der Waals surface area contributed by atoms with E-state index < -0.39 is 12.2 Å². The normalized spacial score (nSPS) is 13.0. The molecule has 0 rings (SSSR count). The number of rotatable bonds is 3. The lowest BCUT2D eigenvalue weighted by molar-refractivity contribution is 0.0930. The summed E-state index contributed by atoms with van der Waals surface area (Å²) in [5.74, 6) is 0. The van der Waals surface area contributed by atoms with E-state index in [-0.39, 0.29) is 21.8 Å². The summed E-state index contributed by atoms with van der Waals surface area (Å²) in [6.45, 7) is 12.8. The highest BCUT2D eigenvalue weighted by Crippen LogP contribution is 2.52. The van der Waals surface area contributed by atoms with E-state index in [2.05, 4.69) is 57.5 Å². The molecule has 0 bridgehead atoms. The van der Waals surface area contributed by atoms with Gasteiger partial charge in [-0.1, -0.05) is 57.5 Å². The summed E-state index contributed by atoms with van der Waals surface area (Å²) in [7, 11) is 0. The first kappa shape index (κ1) is 18.2. The van der Waals surface area contributed by atoms with Crippen molar-refractivity contribution in [1.29, 1.82) is 0 Å². The summed E-state index contributed by atoms with van der Waals surface area (Å²) in [6.07, 6.45) is -1.76. The van der Waals surface area contributed by atoms with Crippen molar-refractivity contribution in [3.63, 3.8) is 0 Å². The molecule has 6 heteroatoms. The molecule has 0 saturated carbocycles. The van der Waals surface area contributed by atoms with Gasteiger partial charge in [-0.15, -0.1) is 0 Å². The lowest BCUT2D eigenvalue weighted by Crippen LogP contribution is -2.48. The molecule has 112 valence electrons. The van der Waals surface area contributed by atoms with Crippen LogP contribution in [0.3, 0.4) is 0 Å². The molecule has 0 saturated heterocycles. The van der Waals surface area contributed by atoms with Gasteiger partial charge in [-0.3, -0.25) is 0 Å². The minimum Gasteiger partial charge on any atom is -0.465 e. The monoisotopic (exact) mass is 337 g/mol. The molecule has 0 atom stereocenters. The quantitative estimate of drug-likeness (QED) is 0.763. The second kappa shape index (κ2) is 6.11. The number of amides is 2. The SMILES string of the molecule is CC(C)(C)C(Br)(CCOC(=O)NC(=O)O)C(C)(C)C. The van der Waals surface area contributed by atoms with Crippen LogP contribution in [0.4, 0.5) is 9.59 Å². The molecule has 0 spiro atoms. The van der Waals surface area contributed by atoms with E-state index in [1.807, 2.05) is 0 Å². The third kappa shape index (κ3) is 5.01. The van der Waals surface area contributed by atoms with Crippen LogP contribution in [0.2, 0.25) is 0 Å². The van der Waals surface area contributed by atoms with Gasteiger partial charge in [-0.05, 0) is 17.3 Å². The third-order valence-corrected chi connectivity index (χ3v) is 6.04. The fourth-order valence-corrected chi connectivity index (χ4v) is 2.44. The van der Waals surface area contributed by atoms with Crippen molar-refractivity contribution in [2.24, 2.45) is 10.8 Å². The first-order valence-electron chi connectivity index (χ1n) is 6.17. The number of ether oxygens (including phenoxy) is 1. The predicted molar refractivity (Wildman–Crippen MR) is 77.7 cm³/mol. The topological polar surface area (TPSA) is 75.6 Å². The fraction of sp³-hybridized carbons (Fsp3) is 0.846. The summed E-state index contributed by atoms with van der Waals surface area (Å²) in [4.78, 5) is 21.4. The molecule has 0 aliphatic carbocycles. The summed E-state index contributed by atoms with van der Waals surface area (Å²) in [5, 5.41) is 10.0. The minimum atomic E-state index is -1.42. The molecule has 19 heavy (non-hydrogen) atoms. The van der Waals surface area contributed by atoms with Crippen LogP contribution in [0, 0.1) is 10.8 Å². The Morgan fingerprint density at radius 2 is 1.53 bits per heavy atom. The molecule has 0 heterocycles. The number of hydrogen-bond donors (Lipinski definition) is 2. The van der Waals surface area contributed by atoms with E-state index in [1.165, 1.54) is 0 Å². The molecular formula is C13H24BrNO4. The van der Waals surface area contributed by atoms with Gasteiger partial charge in [0.05, 0.1) is 6.61 Å². The molecule has 0 radical (unpaired) electrons. The van der Waals surface area contributed by atoms with Crippen molar-refractivity contribution in [3.05, 3.63) is 0 Å². The largest absolute Gasteiger partial charge is 0.465 e. The first-order chi connectivity index (χ1) is 8.31. The Morgan fingerprint density at radius 3 is 1.84 bits per heavy atom. The van der Waals surface area contributed by atoms with Crippen LogP contribution in [0.1, 0.15) is 48.0 Å². The number of hydrogen-bond acceptors (Lipinski definition) is 3. The van der Waals surface area contributed by atoms with Gasteiger partial charge in [-0.25, -0.2) is 14.9 Å². The van der Waals surface area contributed by atoms with Gasteiger partial charge in [-0.2, -0.15) is 0 Å². The molecule has 0 aliphatic heterocycles. The summed E-state index contributed by atoms with van der Waals surface area (Å²) < 4.78 is 4.64. The average Bonchev–Trinajstić information content (AvgIpc) is 2.12. The average molecular weight is 338 g/mol. The Labute approximate surface area is 123 Å². The Balaban J connectivity index is 4.64. The number of alkyl carbamates (subject to hydrolysis) is 1. The van der Waals surface area contributed by atoms with Gasteiger partial charge in [0.25, 0.3) is 0 Å². The van der Waals surface area contributed by atoms with Crippen LogP contribution < -0.4 is 5.32 Å². The van der Waals surface area contributed by atoms with Crippen LogP contribution in [-0.2, 0) is 4.74 Å². The maximum atomic E-state index is 11.1. The minimum absolute atomic E-state index is 0.0438. The van der Waals surface area contributed by atoms with Gasteiger partial charge in [0.15, 0.2) is 0 Å². The highest BCUT2D eigenvalue weighted by Gasteiger charge is 2.48. The van der Waals surface area contributed by atoms with Gasteiger partial charge < -0.3 is 9.84 Å². The van der Waals surface area contributed by atoms with Crippen molar-refractivity contribution in [1.82, 2.24) is 5.32 Å². The van der Waals surface area contributed by atoms with Crippen LogP contribution in [-0.4, -0.2) is 28.2 Å². The van der Waals surface area contributed by atoms with E-state index in [0.29, 0.717) is 6.42 Å². The van der Waals surface area contributed by atoms with Gasteiger partial charge in [0.2, 0.25) is 0 Å². The molecule has 0 aromatic heterocycles. The second-order valence-electron chi connectivity index (χ2n) is 6.62. The Hall–Kier alpha value is -0.780. The van der Waals surface area contributed by atoms with Crippen molar-refractivity contribution < 1.29 is 19.4 Å². The molecule has 0 aromatic carbocycles. The lowest BCUT2D eigenvalue weighted by Gasteiger charge is -2.49. The number of imide groups is 1. The lowest BCUT2D eigenvalue weighted by atomic mass is 9.65. The third-order valence-electron chi connectivity index (χ3n) is 3.27. The fourth-order valence-electron chi connectivity index (χ4n) is 2.28. The molecule has 5 nitrogen and oxygen atoms in total. The van der Waals surface area contributed by atoms with E-state index >= 15 is 0 Å².